The average Bonchev–Trinajstić information content (AvgIpc) is 2.87. The number of nitrogens with one attached hydrogen (secondary N) is 1. The number of carbonyl (C=O) groups is 2. The van der Waals surface area contributed by atoms with E-state index in [1.807, 2.05) is 86.6 Å². The van der Waals surface area contributed by atoms with Gasteiger partial charge >= 0.3 is 0 Å². The van der Waals surface area contributed by atoms with E-state index in [2.05, 4.69) is 5.32 Å². The van der Waals surface area contributed by atoms with Crippen molar-refractivity contribution >= 4 is 46.8 Å². The summed E-state index contributed by atoms with van der Waals surface area (Å²) in [6, 6.07) is 24.2. The van der Waals surface area contributed by atoms with E-state index >= 15 is 0 Å². The second-order valence-corrected chi connectivity index (χ2v) is 10.8. The third-order valence-corrected chi connectivity index (χ3v) is 7.41. The molecule has 0 saturated carbocycles. The van der Waals surface area contributed by atoms with E-state index in [9.17, 15) is 9.59 Å². The van der Waals surface area contributed by atoms with Crippen molar-refractivity contribution in [1.82, 2.24) is 10.2 Å². The predicted octanol–water partition coefficient (Wildman–Crippen LogP) is 7.03. The van der Waals surface area contributed by atoms with E-state index in [-0.39, 0.29) is 17.9 Å². The number of benzene rings is 3. The molecule has 0 fully saturated rings. The molecule has 2 amide bonds. The first kappa shape index (κ1) is 28.1. The van der Waals surface area contributed by atoms with Crippen LogP contribution in [0.5, 0.6) is 0 Å². The Morgan fingerprint density at radius 2 is 1.61 bits per heavy atom. The molecule has 190 valence electrons. The van der Waals surface area contributed by atoms with E-state index in [1.54, 1.807) is 22.7 Å². The molecule has 0 bridgehead atoms. The molecule has 3 rings (SSSR count). The minimum absolute atomic E-state index is 0.0133. The van der Waals surface area contributed by atoms with Crippen molar-refractivity contribution in [2.24, 2.45) is 0 Å². The van der Waals surface area contributed by atoms with Gasteiger partial charge in [0.1, 0.15) is 6.04 Å². The number of carbonyl (C=O) groups excluding carboxylic acids is 2. The monoisotopic (exact) mass is 542 g/mol. The molecule has 0 aliphatic rings. The SMILES string of the molecule is CCC(C)NC(=O)C(Cc1ccccc1)N(Cc1cccc(Cl)c1)C(=O)CCSc1ccc(Cl)cc1. The number of amides is 2. The number of thioether (sulfide) groups is 1. The molecule has 36 heavy (non-hydrogen) atoms. The van der Waals surface area contributed by atoms with Gasteiger partial charge in [0.05, 0.1) is 0 Å². The normalized spacial score (nSPS) is 12.6. The highest BCUT2D eigenvalue weighted by Crippen LogP contribution is 2.23. The van der Waals surface area contributed by atoms with Gasteiger partial charge in [0.2, 0.25) is 11.8 Å². The maximum atomic E-state index is 13.6. The van der Waals surface area contributed by atoms with Gasteiger partial charge in [-0.05, 0) is 60.9 Å². The van der Waals surface area contributed by atoms with Gasteiger partial charge in [0, 0.05) is 46.1 Å². The lowest BCUT2D eigenvalue weighted by Gasteiger charge is -2.32. The van der Waals surface area contributed by atoms with Crippen molar-refractivity contribution in [3.05, 3.63) is 100 Å². The van der Waals surface area contributed by atoms with Gasteiger partial charge < -0.3 is 10.2 Å². The summed E-state index contributed by atoms with van der Waals surface area (Å²) < 4.78 is 0. The van der Waals surface area contributed by atoms with E-state index < -0.39 is 6.04 Å². The fourth-order valence-corrected chi connectivity index (χ4v) is 4.94. The lowest BCUT2D eigenvalue weighted by Crippen LogP contribution is -2.52. The van der Waals surface area contributed by atoms with Crippen molar-refractivity contribution in [2.45, 2.75) is 56.6 Å². The molecule has 0 heterocycles. The number of hydrogen-bond acceptors (Lipinski definition) is 3. The number of nitrogens with zero attached hydrogens (tertiary/aromatic N) is 1. The summed E-state index contributed by atoms with van der Waals surface area (Å²) in [6.45, 7) is 4.31. The van der Waals surface area contributed by atoms with Gasteiger partial charge in [-0.15, -0.1) is 11.8 Å². The largest absolute Gasteiger partial charge is 0.352 e. The third kappa shape index (κ3) is 8.88. The molecule has 0 aromatic heterocycles. The molecule has 4 nitrogen and oxygen atoms in total. The van der Waals surface area contributed by atoms with Gasteiger partial charge in [0.25, 0.3) is 0 Å². The molecule has 0 radical (unpaired) electrons. The molecular weight excluding hydrogens is 511 g/mol. The second kappa shape index (κ2) is 14.3. The molecule has 0 spiro atoms. The summed E-state index contributed by atoms with van der Waals surface area (Å²) >= 11 is 13.8. The quantitative estimate of drug-likeness (QED) is 0.250. The lowest BCUT2D eigenvalue weighted by molar-refractivity contribution is -0.141. The lowest BCUT2D eigenvalue weighted by atomic mass is 10.0. The van der Waals surface area contributed by atoms with Crippen LogP contribution in [0.4, 0.5) is 0 Å². The minimum Gasteiger partial charge on any atom is -0.352 e. The van der Waals surface area contributed by atoms with Gasteiger partial charge in [0.15, 0.2) is 0 Å². The Kier molecular flexibility index (Phi) is 11.2. The highest BCUT2D eigenvalue weighted by molar-refractivity contribution is 7.99. The topological polar surface area (TPSA) is 49.4 Å². The summed E-state index contributed by atoms with van der Waals surface area (Å²) in [5.74, 6) is 0.378. The number of rotatable bonds is 12. The van der Waals surface area contributed by atoms with Crippen LogP contribution in [0, 0.1) is 0 Å². The van der Waals surface area contributed by atoms with Gasteiger partial charge in [-0.25, -0.2) is 0 Å². The third-order valence-electron chi connectivity index (χ3n) is 5.91. The molecule has 1 N–H and O–H groups in total. The molecule has 3 aromatic carbocycles. The molecular formula is C29H32Cl2N2O2S. The maximum Gasteiger partial charge on any atom is 0.243 e. The van der Waals surface area contributed by atoms with Crippen LogP contribution >= 0.6 is 35.0 Å². The smallest absolute Gasteiger partial charge is 0.243 e. The highest BCUT2D eigenvalue weighted by Gasteiger charge is 2.30. The Bertz CT molecular complexity index is 1130. The van der Waals surface area contributed by atoms with Crippen LogP contribution in [0.3, 0.4) is 0 Å². The molecule has 3 aromatic rings. The minimum atomic E-state index is -0.645. The molecule has 2 unspecified atom stereocenters. The molecule has 2 atom stereocenters. The number of halogens is 2. The van der Waals surface area contributed by atoms with Crippen molar-refractivity contribution in [3.63, 3.8) is 0 Å². The van der Waals surface area contributed by atoms with E-state index in [1.165, 1.54) is 0 Å². The zero-order valence-electron chi connectivity index (χ0n) is 20.6. The highest BCUT2D eigenvalue weighted by atomic mass is 35.5. The Morgan fingerprint density at radius 3 is 2.28 bits per heavy atom. The van der Waals surface area contributed by atoms with E-state index in [4.69, 9.17) is 23.2 Å². The fourth-order valence-electron chi connectivity index (χ4n) is 3.76. The average molecular weight is 544 g/mol. The fraction of sp³-hybridized carbons (Fsp3) is 0.310. The van der Waals surface area contributed by atoms with Crippen LogP contribution in [0.2, 0.25) is 10.0 Å². The molecule has 0 aliphatic carbocycles. The molecule has 7 heteroatoms. The maximum absolute atomic E-state index is 13.6. The van der Waals surface area contributed by atoms with Crippen molar-refractivity contribution in [3.8, 4) is 0 Å². The standard InChI is InChI=1S/C29H32Cl2N2O2S/c1-3-21(2)32-29(35)27(19-22-8-5-4-6-9-22)33(20-23-10-7-11-25(31)18-23)28(34)16-17-36-26-14-12-24(30)13-15-26/h4-15,18,21,27H,3,16-17,19-20H2,1-2H3,(H,32,35). The summed E-state index contributed by atoms with van der Waals surface area (Å²) in [7, 11) is 0. The second-order valence-electron chi connectivity index (χ2n) is 8.73. The van der Waals surface area contributed by atoms with Crippen molar-refractivity contribution < 1.29 is 9.59 Å². The summed E-state index contributed by atoms with van der Waals surface area (Å²) in [5, 5.41) is 4.37. The summed E-state index contributed by atoms with van der Waals surface area (Å²) in [4.78, 5) is 29.9. The van der Waals surface area contributed by atoms with Crippen LogP contribution in [0.15, 0.2) is 83.8 Å². The van der Waals surface area contributed by atoms with E-state index in [0.29, 0.717) is 35.2 Å². The first-order chi connectivity index (χ1) is 17.4. The van der Waals surface area contributed by atoms with E-state index in [0.717, 1.165) is 22.4 Å². The van der Waals surface area contributed by atoms with Crippen molar-refractivity contribution in [2.75, 3.05) is 5.75 Å². The van der Waals surface area contributed by atoms with Crippen LogP contribution in [-0.4, -0.2) is 34.6 Å². The van der Waals surface area contributed by atoms with Crippen LogP contribution in [0.1, 0.15) is 37.8 Å². The Labute approximate surface area is 228 Å². The Morgan fingerprint density at radius 1 is 0.917 bits per heavy atom. The molecule has 0 saturated heterocycles. The van der Waals surface area contributed by atoms with Gasteiger partial charge in [-0.2, -0.15) is 0 Å². The van der Waals surface area contributed by atoms with Crippen LogP contribution in [0.25, 0.3) is 0 Å². The van der Waals surface area contributed by atoms with Crippen molar-refractivity contribution in [1.29, 1.82) is 0 Å². The van der Waals surface area contributed by atoms with Crippen LogP contribution in [-0.2, 0) is 22.6 Å². The van der Waals surface area contributed by atoms with Gasteiger partial charge in [-0.1, -0.05) is 72.6 Å². The first-order valence-corrected chi connectivity index (χ1v) is 13.9. The summed E-state index contributed by atoms with van der Waals surface area (Å²) in [5.41, 5.74) is 1.89. The Balaban J connectivity index is 1.85. The predicted molar refractivity (Wildman–Crippen MR) is 151 cm³/mol. The first-order valence-electron chi connectivity index (χ1n) is 12.1. The Hall–Kier alpha value is -2.47. The zero-order valence-corrected chi connectivity index (χ0v) is 23.0. The van der Waals surface area contributed by atoms with Gasteiger partial charge in [-0.3, -0.25) is 9.59 Å². The zero-order chi connectivity index (χ0) is 25.9. The molecule has 0 aliphatic heterocycles. The summed E-state index contributed by atoms with van der Waals surface area (Å²) in [6.07, 6.45) is 1.54. The van der Waals surface area contributed by atoms with Crippen LogP contribution < -0.4 is 5.32 Å². The number of hydrogen-bond donors (Lipinski definition) is 1.